The molecule has 1 N–H and O–H groups in total. The Labute approximate surface area is 131 Å². The van der Waals surface area contributed by atoms with Crippen LogP contribution in [0.2, 0.25) is 10.0 Å². The van der Waals surface area contributed by atoms with Gasteiger partial charge in [-0.15, -0.1) is 0 Å². The van der Waals surface area contributed by atoms with Crippen molar-refractivity contribution < 1.29 is 8.42 Å². The molecule has 1 saturated heterocycles. The summed E-state index contributed by atoms with van der Waals surface area (Å²) < 4.78 is 26.0. The fourth-order valence-electron chi connectivity index (χ4n) is 2.69. The van der Waals surface area contributed by atoms with E-state index in [0.29, 0.717) is 21.2 Å². The van der Waals surface area contributed by atoms with Gasteiger partial charge < -0.3 is 9.55 Å². The molecule has 4 nitrogen and oxygen atoms in total. The summed E-state index contributed by atoms with van der Waals surface area (Å²) >= 11 is 17.4. The Morgan fingerprint density at radius 3 is 2.70 bits per heavy atom. The first kappa shape index (κ1) is 14.4. The number of aromatic amines is 1. The molecular formula is C12H12Cl2N2O2S2. The standard InChI is InChI=1S/C12H12Cl2N2O2S2/c13-8-4-10-11(5-9(8)14)16(12(19)15-10)7-2-1-3-20(17,18)6-7/h4-5,7H,1-3,6H2,(H,15,19). The predicted molar refractivity (Wildman–Crippen MR) is 84.1 cm³/mol. The Hall–Kier alpha value is -0.560. The average Bonchev–Trinajstić information content (AvgIpc) is 2.64. The van der Waals surface area contributed by atoms with Crippen LogP contribution in [-0.2, 0) is 9.84 Å². The molecule has 0 aliphatic carbocycles. The van der Waals surface area contributed by atoms with E-state index in [0.717, 1.165) is 17.5 Å². The average molecular weight is 351 g/mol. The second kappa shape index (κ2) is 5.02. The van der Waals surface area contributed by atoms with Crippen LogP contribution in [0.15, 0.2) is 12.1 Å². The van der Waals surface area contributed by atoms with Crippen LogP contribution in [0, 0.1) is 4.77 Å². The zero-order chi connectivity index (χ0) is 14.5. The third-order valence-corrected chi connectivity index (χ3v) is 6.39. The summed E-state index contributed by atoms with van der Waals surface area (Å²) in [4.78, 5) is 3.06. The van der Waals surface area contributed by atoms with Crippen LogP contribution < -0.4 is 0 Å². The van der Waals surface area contributed by atoms with Crippen LogP contribution in [0.25, 0.3) is 11.0 Å². The van der Waals surface area contributed by atoms with Gasteiger partial charge in [-0.2, -0.15) is 0 Å². The summed E-state index contributed by atoms with van der Waals surface area (Å²) in [6.07, 6.45) is 1.45. The molecule has 1 aromatic carbocycles. The first-order valence-electron chi connectivity index (χ1n) is 6.17. The lowest BCUT2D eigenvalue weighted by atomic mass is 10.2. The maximum absolute atomic E-state index is 11.8. The summed E-state index contributed by atoms with van der Waals surface area (Å²) in [5, 5.41) is 0.874. The highest BCUT2D eigenvalue weighted by Crippen LogP contribution is 2.32. The van der Waals surface area contributed by atoms with Gasteiger partial charge in [-0.3, -0.25) is 0 Å². The summed E-state index contributed by atoms with van der Waals surface area (Å²) in [6, 6.07) is 3.29. The van der Waals surface area contributed by atoms with Crippen molar-refractivity contribution in [2.24, 2.45) is 0 Å². The highest BCUT2D eigenvalue weighted by atomic mass is 35.5. The summed E-state index contributed by atoms with van der Waals surface area (Å²) in [7, 11) is -3.00. The molecule has 1 atom stereocenters. The smallest absolute Gasteiger partial charge is 0.178 e. The molecule has 1 aliphatic rings. The fourth-order valence-corrected chi connectivity index (χ4v) is 5.04. The second-order valence-electron chi connectivity index (χ2n) is 4.99. The minimum atomic E-state index is -3.00. The summed E-state index contributed by atoms with van der Waals surface area (Å²) in [5.74, 6) is 0.375. The second-order valence-corrected chi connectivity index (χ2v) is 8.42. The van der Waals surface area contributed by atoms with Crippen LogP contribution in [0.1, 0.15) is 18.9 Å². The van der Waals surface area contributed by atoms with Crippen molar-refractivity contribution in [3.8, 4) is 0 Å². The molecule has 1 aromatic heterocycles. The topological polar surface area (TPSA) is 54.9 Å². The molecule has 108 valence electrons. The molecule has 20 heavy (non-hydrogen) atoms. The van der Waals surface area contributed by atoms with Gasteiger partial charge in [0.2, 0.25) is 0 Å². The Kier molecular flexibility index (Phi) is 3.61. The lowest BCUT2D eigenvalue weighted by molar-refractivity contribution is 0.475. The molecule has 1 fully saturated rings. The van der Waals surface area contributed by atoms with E-state index in [4.69, 9.17) is 35.4 Å². The fraction of sp³-hybridized carbons (Fsp3) is 0.417. The maximum atomic E-state index is 11.8. The third-order valence-electron chi connectivity index (χ3n) is 3.56. The van der Waals surface area contributed by atoms with Gasteiger partial charge in [0, 0.05) is 0 Å². The van der Waals surface area contributed by atoms with Gasteiger partial charge in [-0.1, -0.05) is 23.2 Å². The van der Waals surface area contributed by atoms with E-state index < -0.39 is 9.84 Å². The van der Waals surface area contributed by atoms with Crippen molar-refractivity contribution in [3.63, 3.8) is 0 Å². The normalized spacial score (nSPS) is 22.2. The minimum absolute atomic E-state index is 0.120. The number of benzene rings is 1. The largest absolute Gasteiger partial charge is 0.331 e. The van der Waals surface area contributed by atoms with E-state index in [1.807, 2.05) is 4.57 Å². The number of sulfone groups is 1. The molecular weight excluding hydrogens is 339 g/mol. The van der Waals surface area contributed by atoms with Gasteiger partial charge in [0.05, 0.1) is 38.6 Å². The Morgan fingerprint density at radius 2 is 2.00 bits per heavy atom. The molecule has 2 aromatic rings. The van der Waals surface area contributed by atoms with E-state index >= 15 is 0 Å². The van der Waals surface area contributed by atoms with E-state index in [-0.39, 0.29) is 17.5 Å². The van der Waals surface area contributed by atoms with Gasteiger partial charge in [0.15, 0.2) is 14.6 Å². The van der Waals surface area contributed by atoms with Crippen molar-refractivity contribution in [2.75, 3.05) is 11.5 Å². The van der Waals surface area contributed by atoms with Crippen molar-refractivity contribution in [2.45, 2.75) is 18.9 Å². The molecule has 0 bridgehead atoms. The number of rotatable bonds is 1. The first-order chi connectivity index (χ1) is 9.37. The number of H-pyrrole nitrogens is 1. The Balaban J connectivity index is 2.18. The number of nitrogens with one attached hydrogen (secondary N) is 1. The van der Waals surface area contributed by atoms with Gasteiger partial charge in [-0.25, -0.2) is 8.42 Å². The maximum Gasteiger partial charge on any atom is 0.178 e. The van der Waals surface area contributed by atoms with Crippen molar-refractivity contribution in [1.29, 1.82) is 0 Å². The predicted octanol–water partition coefficient (Wildman–Crippen LogP) is 3.76. The van der Waals surface area contributed by atoms with Gasteiger partial charge >= 0.3 is 0 Å². The number of imidazole rings is 1. The molecule has 8 heteroatoms. The number of nitrogens with zero attached hydrogens (tertiary/aromatic N) is 1. The number of fused-ring (bicyclic) bond motifs is 1. The van der Waals surface area contributed by atoms with Crippen LogP contribution in [-0.4, -0.2) is 29.5 Å². The highest BCUT2D eigenvalue weighted by Gasteiger charge is 2.27. The van der Waals surface area contributed by atoms with E-state index in [1.165, 1.54) is 0 Å². The SMILES string of the molecule is O=S1(=O)CCCC(n2c(=S)[nH]c3cc(Cl)c(Cl)cc32)C1. The molecule has 0 radical (unpaired) electrons. The van der Waals surface area contributed by atoms with Crippen molar-refractivity contribution >= 4 is 56.3 Å². The first-order valence-corrected chi connectivity index (χ1v) is 9.15. The van der Waals surface area contributed by atoms with Gasteiger partial charge in [-0.05, 0) is 37.2 Å². The van der Waals surface area contributed by atoms with Crippen LogP contribution in [0.4, 0.5) is 0 Å². The van der Waals surface area contributed by atoms with E-state index in [9.17, 15) is 8.42 Å². The number of hydrogen-bond donors (Lipinski definition) is 1. The third kappa shape index (κ3) is 2.50. The molecule has 1 aliphatic heterocycles. The minimum Gasteiger partial charge on any atom is -0.331 e. The van der Waals surface area contributed by atoms with E-state index in [2.05, 4.69) is 4.98 Å². The Morgan fingerprint density at radius 1 is 1.30 bits per heavy atom. The zero-order valence-electron chi connectivity index (χ0n) is 10.4. The van der Waals surface area contributed by atoms with Crippen LogP contribution >= 0.6 is 35.4 Å². The van der Waals surface area contributed by atoms with Gasteiger partial charge in [0.1, 0.15) is 0 Å². The van der Waals surface area contributed by atoms with Crippen molar-refractivity contribution in [1.82, 2.24) is 9.55 Å². The van der Waals surface area contributed by atoms with Crippen LogP contribution in [0.3, 0.4) is 0 Å². The zero-order valence-corrected chi connectivity index (χ0v) is 13.5. The quantitative estimate of drug-likeness (QED) is 0.796. The Bertz CT molecular complexity index is 839. The molecule has 0 spiro atoms. The number of hydrogen-bond acceptors (Lipinski definition) is 3. The number of aromatic nitrogens is 2. The van der Waals surface area contributed by atoms with E-state index in [1.54, 1.807) is 12.1 Å². The van der Waals surface area contributed by atoms with Gasteiger partial charge in [0.25, 0.3) is 0 Å². The lowest BCUT2D eigenvalue weighted by Crippen LogP contribution is -2.27. The van der Waals surface area contributed by atoms with Crippen LogP contribution in [0.5, 0.6) is 0 Å². The molecule has 1 unspecified atom stereocenters. The monoisotopic (exact) mass is 350 g/mol. The number of halogens is 2. The molecule has 2 heterocycles. The summed E-state index contributed by atoms with van der Waals surface area (Å²) in [6.45, 7) is 0. The lowest BCUT2D eigenvalue weighted by Gasteiger charge is -2.23. The molecule has 3 rings (SSSR count). The molecule has 0 amide bonds. The molecule has 0 saturated carbocycles. The summed E-state index contributed by atoms with van der Waals surface area (Å²) in [5.41, 5.74) is 1.57. The van der Waals surface area contributed by atoms with Crippen molar-refractivity contribution in [3.05, 3.63) is 26.9 Å². The highest BCUT2D eigenvalue weighted by molar-refractivity contribution is 7.91.